The molecule has 5 rings (SSSR count). The van der Waals surface area contributed by atoms with E-state index >= 15 is 0 Å². The molecule has 10 heteroatoms. The van der Waals surface area contributed by atoms with E-state index in [1.54, 1.807) is 32.0 Å². The number of fused-ring (bicyclic) bond motifs is 1. The van der Waals surface area contributed by atoms with Gasteiger partial charge in [0.2, 0.25) is 0 Å². The highest BCUT2D eigenvalue weighted by Crippen LogP contribution is 2.25. The van der Waals surface area contributed by atoms with Crippen molar-refractivity contribution in [3.63, 3.8) is 0 Å². The summed E-state index contributed by atoms with van der Waals surface area (Å²) in [5.41, 5.74) is 3.63. The summed E-state index contributed by atoms with van der Waals surface area (Å²) in [5.74, 6) is 1.12. The normalized spacial score (nSPS) is 13.9. The maximum absolute atomic E-state index is 11.5. The summed E-state index contributed by atoms with van der Waals surface area (Å²) in [6.45, 7) is 10.7. The molecule has 2 aliphatic rings. The number of ether oxygens (including phenoxy) is 4. The van der Waals surface area contributed by atoms with Crippen molar-refractivity contribution in [3.8, 4) is 11.4 Å². The van der Waals surface area contributed by atoms with E-state index in [2.05, 4.69) is 35.5 Å². The Morgan fingerprint density at radius 1 is 0.886 bits per heavy atom. The van der Waals surface area contributed by atoms with Crippen molar-refractivity contribution in [2.45, 2.75) is 65.1 Å². The molecule has 1 heterocycles. The lowest BCUT2D eigenvalue weighted by Gasteiger charge is -2.21. The van der Waals surface area contributed by atoms with Gasteiger partial charge in [-0.25, -0.2) is 9.59 Å². The van der Waals surface area contributed by atoms with Gasteiger partial charge in [0, 0.05) is 30.4 Å². The highest BCUT2D eigenvalue weighted by atomic mass is 16.7. The highest BCUT2D eigenvalue weighted by Gasteiger charge is 2.20. The van der Waals surface area contributed by atoms with Crippen LogP contribution >= 0.6 is 0 Å². The van der Waals surface area contributed by atoms with Crippen LogP contribution in [0.15, 0.2) is 90.4 Å². The van der Waals surface area contributed by atoms with Crippen molar-refractivity contribution in [3.05, 3.63) is 96.0 Å². The molecular weight excluding hydrogens is 562 g/mol. The number of aromatic hydroxyl groups is 1. The molecule has 0 bridgehead atoms. The van der Waals surface area contributed by atoms with Gasteiger partial charge in [-0.15, -0.1) is 15.0 Å². The van der Waals surface area contributed by atoms with Gasteiger partial charge in [0.1, 0.15) is 22.5 Å². The maximum Gasteiger partial charge on any atom is 0.333 e. The Kier molecular flexibility index (Phi) is 11.3. The molecule has 0 radical (unpaired) electrons. The molecule has 0 spiro atoms. The van der Waals surface area contributed by atoms with Crippen molar-refractivity contribution in [2.75, 3.05) is 13.2 Å². The Morgan fingerprint density at radius 3 is 1.98 bits per heavy atom. The van der Waals surface area contributed by atoms with E-state index in [0.29, 0.717) is 23.3 Å². The van der Waals surface area contributed by atoms with Crippen LogP contribution in [-0.2, 0) is 35.0 Å². The summed E-state index contributed by atoms with van der Waals surface area (Å²) < 4.78 is 21.8. The summed E-state index contributed by atoms with van der Waals surface area (Å²) in [5, 5.41) is 18.8. The molecule has 0 aliphatic heterocycles. The minimum atomic E-state index is -0.563. The smallest absolute Gasteiger partial charge is 0.333 e. The fraction of sp³-hybridized carbons (Fsp3) is 0.353. The van der Waals surface area contributed by atoms with Crippen LogP contribution in [0.2, 0.25) is 0 Å². The predicted octanol–water partition coefficient (Wildman–Crippen LogP) is 6.39. The highest BCUT2D eigenvalue weighted by molar-refractivity contribution is 5.87. The zero-order chi connectivity index (χ0) is 31.5. The van der Waals surface area contributed by atoms with Crippen molar-refractivity contribution in [1.29, 1.82) is 0 Å². The first-order valence-electron chi connectivity index (χ1n) is 14.7. The SMILES string of the molecule is C=C(C)C(=O)OCC(OC1=CCCC1)OC1=CCCC1.C=C(C)C(=O)OCCc1ccc(O)c(-n2nc3ccccc3n2)c1. The molecule has 0 atom stereocenters. The van der Waals surface area contributed by atoms with Crippen LogP contribution in [0.25, 0.3) is 16.7 Å². The number of allylic oxidation sites excluding steroid dienone is 4. The second-order valence-electron chi connectivity index (χ2n) is 10.6. The van der Waals surface area contributed by atoms with Crippen LogP contribution in [0.3, 0.4) is 0 Å². The largest absolute Gasteiger partial charge is 0.506 e. The molecule has 232 valence electrons. The van der Waals surface area contributed by atoms with Crippen molar-refractivity contribution in [1.82, 2.24) is 15.0 Å². The zero-order valence-corrected chi connectivity index (χ0v) is 25.3. The molecule has 0 amide bonds. The van der Waals surface area contributed by atoms with Gasteiger partial charge in [-0.05, 0) is 81.5 Å². The van der Waals surface area contributed by atoms with Gasteiger partial charge in [-0.3, -0.25) is 0 Å². The van der Waals surface area contributed by atoms with Crippen molar-refractivity contribution < 1.29 is 33.6 Å². The lowest BCUT2D eigenvalue weighted by molar-refractivity contribution is -0.159. The van der Waals surface area contributed by atoms with Crippen LogP contribution in [0.1, 0.15) is 57.9 Å². The second-order valence-corrected chi connectivity index (χ2v) is 10.6. The number of esters is 2. The fourth-order valence-electron chi connectivity index (χ4n) is 4.43. The number of nitrogens with zero attached hydrogens (tertiary/aromatic N) is 3. The number of carbonyl (C=O) groups excluding carboxylic acids is 2. The Labute approximate surface area is 257 Å². The van der Waals surface area contributed by atoms with E-state index in [0.717, 1.165) is 66.6 Å². The number of phenolic OH excluding ortho intramolecular Hbond substituents is 1. The van der Waals surface area contributed by atoms with E-state index in [1.165, 1.54) is 4.80 Å². The van der Waals surface area contributed by atoms with Crippen LogP contribution in [-0.4, -0.2) is 51.5 Å². The third-order valence-electron chi connectivity index (χ3n) is 6.78. The first-order valence-corrected chi connectivity index (χ1v) is 14.7. The summed E-state index contributed by atoms with van der Waals surface area (Å²) in [6, 6.07) is 12.6. The minimum absolute atomic E-state index is 0.0815. The average Bonchev–Trinajstić information content (AvgIpc) is 3.79. The Morgan fingerprint density at radius 2 is 1.45 bits per heavy atom. The number of rotatable bonds is 12. The van der Waals surface area contributed by atoms with Gasteiger partial charge >= 0.3 is 11.9 Å². The van der Waals surface area contributed by atoms with Crippen LogP contribution in [0.5, 0.6) is 5.75 Å². The van der Waals surface area contributed by atoms with Gasteiger partial charge < -0.3 is 24.1 Å². The first kappa shape index (κ1) is 32.1. The van der Waals surface area contributed by atoms with E-state index in [-0.39, 0.29) is 19.0 Å². The molecule has 1 N–H and O–H groups in total. The standard InChI is InChI=1S/C18H17N3O3.C16H22O4/c1-12(2)18(23)24-10-9-13-7-8-17(22)16(11-13)21-19-14-5-3-4-6-15(14)20-21;1-12(2)16(17)18-11-15(19-13-7-3-4-8-13)20-14-9-5-6-10-14/h3-8,11,22H,1,9-10H2,2H3;7,9,15H,1,3-6,8,10-11H2,2H3. The molecule has 0 fully saturated rings. The molecule has 1 aromatic heterocycles. The monoisotopic (exact) mass is 601 g/mol. The maximum atomic E-state index is 11.5. The number of hydrogen-bond donors (Lipinski definition) is 1. The van der Waals surface area contributed by atoms with Crippen LogP contribution in [0, 0.1) is 0 Å². The summed E-state index contributed by atoms with van der Waals surface area (Å²) in [7, 11) is 0. The lowest BCUT2D eigenvalue weighted by Crippen LogP contribution is -2.25. The fourth-order valence-corrected chi connectivity index (χ4v) is 4.43. The van der Waals surface area contributed by atoms with E-state index < -0.39 is 18.2 Å². The lowest BCUT2D eigenvalue weighted by atomic mass is 10.1. The first-order chi connectivity index (χ1) is 21.2. The van der Waals surface area contributed by atoms with Gasteiger partial charge in [-0.1, -0.05) is 31.4 Å². The quantitative estimate of drug-likeness (QED) is 0.143. The Hall–Kier alpha value is -4.86. The molecule has 0 saturated carbocycles. The molecular formula is C34H39N3O7. The van der Waals surface area contributed by atoms with Gasteiger partial charge in [0.25, 0.3) is 6.29 Å². The van der Waals surface area contributed by atoms with Crippen molar-refractivity contribution >= 4 is 23.0 Å². The average molecular weight is 602 g/mol. The van der Waals surface area contributed by atoms with Gasteiger partial charge in [0.05, 0.1) is 18.1 Å². The predicted molar refractivity (Wildman–Crippen MR) is 166 cm³/mol. The second kappa shape index (κ2) is 15.6. The molecule has 0 unspecified atom stereocenters. The van der Waals surface area contributed by atoms with Crippen LogP contribution in [0.4, 0.5) is 0 Å². The van der Waals surface area contributed by atoms with Gasteiger partial charge in [0.15, 0.2) is 6.61 Å². The van der Waals surface area contributed by atoms with E-state index in [9.17, 15) is 14.7 Å². The molecule has 3 aromatic rings. The van der Waals surface area contributed by atoms with Crippen LogP contribution < -0.4 is 0 Å². The number of hydrogen-bond acceptors (Lipinski definition) is 9. The minimum Gasteiger partial charge on any atom is -0.506 e. The topological polar surface area (TPSA) is 122 Å². The van der Waals surface area contributed by atoms with Crippen molar-refractivity contribution in [2.24, 2.45) is 0 Å². The van der Waals surface area contributed by atoms with E-state index in [4.69, 9.17) is 18.9 Å². The summed E-state index contributed by atoms with van der Waals surface area (Å²) in [6.07, 6.45) is 10.2. The molecule has 2 aliphatic carbocycles. The molecule has 10 nitrogen and oxygen atoms in total. The Balaban J connectivity index is 0.000000204. The zero-order valence-electron chi connectivity index (χ0n) is 25.3. The number of phenols is 1. The molecule has 0 saturated heterocycles. The number of benzene rings is 2. The molecule has 2 aromatic carbocycles. The Bertz CT molecular complexity index is 1510. The third kappa shape index (κ3) is 9.32. The number of aromatic nitrogens is 3. The summed E-state index contributed by atoms with van der Waals surface area (Å²) in [4.78, 5) is 24.3. The third-order valence-corrected chi connectivity index (χ3v) is 6.78. The number of carbonyl (C=O) groups is 2. The van der Waals surface area contributed by atoms with Gasteiger partial charge in [-0.2, -0.15) is 0 Å². The van der Waals surface area contributed by atoms with E-state index in [1.807, 2.05) is 24.3 Å². The molecule has 44 heavy (non-hydrogen) atoms. The summed E-state index contributed by atoms with van der Waals surface area (Å²) >= 11 is 0.